The van der Waals surface area contributed by atoms with E-state index >= 15 is 0 Å². The van der Waals surface area contributed by atoms with E-state index in [4.69, 9.17) is 0 Å². The van der Waals surface area contributed by atoms with E-state index in [1.54, 1.807) is 11.3 Å². The summed E-state index contributed by atoms with van der Waals surface area (Å²) in [6.07, 6.45) is 1.82. The highest BCUT2D eigenvalue weighted by Gasteiger charge is 2.06. The van der Waals surface area contributed by atoms with E-state index in [0.717, 1.165) is 27.6 Å². The molecule has 2 N–H and O–H groups in total. The number of sulfonamides is 1. The van der Waals surface area contributed by atoms with E-state index in [1.165, 1.54) is 6.26 Å². The fourth-order valence-electron chi connectivity index (χ4n) is 2.33. The van der Waals surface area contributed by atoms with Crippen LogP contribution < -0.4 is 10.0 Å². The molecular formula is C18H19N3O2S2. The van der Waals surface area contributed by atoms with E-state index < -0.39 is 10.0 Å². The maximum atomic E-state index is 11.1. The zero-order chi connectivity index (χ0) is 17.7. The molecule has 0 saturated carbocycles. The lowest BCUT2D eigenvalue weighted by molar-refractivity contribution is 0.588. The maximum Gasteiger partial charge on any atom is 0.208 e. The minimum Gasteiger partial charge on any atom is -0.332 e. The van der Waals surface area contributed by atoms with Crippen LogP contribution in [0, 0.1) is 0 Å². The third kappa shape index (κ3) is 5.38. The van der Waals surface area contributed by atoms with Crippen molar-refractivity contribution in [1.29, 1.82) is 0 Å². The molecule has 0 amide bonds. The van der Waals surface area contributed by atoms with Crippen molar-refractivity contribution in [3.63, 3.8) is 0 Å². The fraction of sp³-hybridized carbons (Fsp3) is 0.167. The minimum atomic E-state index is -3.13. The van der Waals surface area contributed by atoms with Crippen LogP contribution in [0.4, 0.5) is 10.8 Å². The second-order valence-corrected chi connectivity index (χ2v) is 8.33. The van der Waals surface area contributed by atoms with Gasteiger partial charge in [-0.2, -0.15) is 0 Å². The Bertz CT molecular complexity index is 920. The van der Waals surface area contributed by atoms with Crippen LogP contribution in [0.5, 0.6) is 0 Å². The number of thiazole rings is 1. The fourth-order valence-corrected chi connectivity index (χ4v) is 3.54. The van der Waals surface area contributed by atoms with Gasteiger partial charge in [-0.1, -0.05) is 42.5 Å². The predicted octanol–water partition coefficient (Wildman–Crippen LogP) is 3.65. The van der Waals surface area contributed by atoms with Gasteiger partial charge in [0, 0.05) is 23.2 Å². The molecule has 3 aromatic rings. The molecule has 0 radical (unpaired) electrons. The van der Waals surface area contributed by atoms with Gasteiger partial charge >= 0.3 is 0 Å². The number of para-hydroxylation sites is 1. The van der Waals surface area contributed by atoms with Crippen molar-refractivity contribution >= 4 is 32.2 Å². The molecule has 0 saturated heterocycles. The first-order valence-corrected chi connectivity index (χ1v) is 10.6. The summed E-state index contributed by atoms with van der Waals surface area (Å²) in [5, 5.41) is 6.16. The molecule has 2 aromatic carbocycles. The molecule has 1 heterocycles. The van der Waals surface area contributed by atoms with E-state index in [2.05, 4.69) is 15.0 Å². The van der Waals surface area contributed by atoms with E-state index in [0.29, 0.717) is 13.0 Å². The van der Waals surface area contributed by atoms with Crippen molar-refractivity contribution in [2.24, 2.45) is 0 Å². The van der Waals surface area contributed by atoms with Gasteiger partial charge in [-0.15, -0.1) is 11.3 Å². The zero-order valence-electron chi connectivity index (χ0n) is 13.8. The average molecular weight is 374 g/mol. The quantitative estimate of drug-likeness (QED) is 0.663. The van der Waals surface area contributed by atoms with Crippen molar-refractivity contribution in [1.82, 2.24) is 9.71 Å². The number of hydrogen-bond donors (Lipinski definition) is 2. The van der Waals surface area contributed by atoms with Crippen LogP contribution in [0.2, 0.25) is 0 Å². The van der Waals surface area contributed by atoms with Crippen molar-refractivity contribution < 1.29 is 8.42 Å². The third-order valence-electron chi connectivity index (χ3n) is 3.56. The standard InChI is InChI=1S/C18H19N3O2S2/c1-25(22,23)19-12-11-14-7-9-15(10-8-14)17-13-24-18(21-17)20-16-5-3-2-4-6-16/h2-10,13,19H,11-12H2,1H3,(H,20,21). The van der Waals surface area contributed by atoms with Crippen LogP contribution in [0.3, 0.4) is 0 Å². The number of nitrogens with zero attached hydrogens (tertiary/aromatic N) is 1. The Hall–Kier alpha value is -2.22. The van der Waals surface area contributed by atoms with Gasteiger partial charge < -0.3 is 5.32 Å². The Morgan fingerprint density at radius 2 is 1.76 bits per heavy atom. The Morgan fingerprint density at radius 1 is 1.04 bits per heavy atom. The monoisotopic (exact) mass is 373 g/mol. The average Bonchev–Trinajstić information content (AvgIpc) is 3.04. The molecule has 1 aromatic heterocycles. The number of hydrogen-bond acceptors (Lipinski definition) is 5. The predicted molar refractivity (Wildman–Crippen MR) is 104 cm³/mol. The lowest BCUT2D eigenvalue weighted by Crippen LogP contribution is -2.24. The molecule has 7 heteroatoms. The topological polar surface area (TPSA) is 71.1 Å². The molecule has 0 aliphatic carbocycles. The second kappa shape index (κ2) is 7.77. The number of nitrogens with one attached hydrogen (secondary N) is 2. The van der Waals surface area contributed by atoms with E-state index in [-0.39, 0.29) is 0 Å². The summed E-state index contributed by atoms with van der Waals surface area (Å²) in [7, 11) is -3.13. The molecular weight excluding hydrogens is 354 g/mol. The highest BCUT2D eigenvalue weighted by molar-refractivity contribution is 7.88. The van der Waals surface area contributed by atoms with Gasteiger partial charge in [0.2, 0.25) is 10.0 Å². The smallest absolute Gasteiger partial charge is 0.208 e. The molecule has 0 fully saturated rings. The Morgan fingerprint density at radius 3 is 2.44 bits per heavy atom. The maximum absolute atomic E-state index is 11.1. The lowest BCUT2D eigenvalue weighted by Gasteiger charge is -2.04. The van der Waals surface area contributed by atoms with Crippen LogP contribution in [0.15, 0.2) is 60.0 Å². The van der Waals surface area contributed by atoms with Crippen LogP contribution in [-0.4, -0.2) is 26.2 Å². The van der Waals surface area contributed by atoms with Crippen LogP contribution in [0.1, 0.15) is 5.56 Å². The summed E-state index contributed by atoms with van der Waals surface area (Å²) >= 11 is 1.56. The van der Waals surface area contributed by atoms with Crippen molar-refractivity contribution in [2.45, 2.75) is 6.42 Å². The summed E-state index contributed by atoms with van der Waals surface area (Å²) < 4.78 is 24.6. The van der Waals surface area contributed by atoms with Crippen molar-refractivity contribution in [3.05, 3.63) is 65.5 Å². The van der Waals surface area contributed by atoms with E-state index in [1.807, 2.05) is 60.0 Å². The Kier molecular flexibility index (Phi) is 5.47. The molecule has 5 nitrogen and oxygen atoms in total. The van der Waals surface area contributed by atoms with Gasteiger partial charge in [0.05, 0.1) is 11.9 Å². The van der Waals surface area contributed by atoms with Gasteiger partial charge in [0.1, 0.15) is 0 Å². The van der Waals surface area contributed by atoms with Gasteiger partial charge in [-0.25, -0.2) is 18.1 Å². The molecule has 3 rings (SSSR count). The normalized spacial score (nSPS) is 11.4. The summed E-state index contributed by atoms with van der Waals surface area (Å²) in [5.74, 6) is 0. The third-order valence-corrected chi connectivity index (χ3v) is 5.04. The molecule has 0 spiro atoms. The number of rotatable bonds is 7. The molecule has 0 aliphatic rings. The first-order chi connectivity index (χ1) is 12.0. The summed E-state index contributed by atoms with van der Waals surface area (Å²) in [5.41, 5.74) is 4.05. The highest BCUT2D eigenvalue weighted by atomic mass is 32.2. The van der Waals surface area contributed by atoms with Crippen molar-refractivity contribution in [3.8, 4) is 11.3 Å². The molecule has 0 atom stereocenters. The summed E-state index contributed by atoms with van der Waals surface area (Å²) in [4.78, 5) is 4.62. The van der Waals surface area contributed by atoms with Gasteiger partial charge in [0.25, 0.3) is 0 Å². The summed E-state index contributed by atoms with van der Waals surface area (Å²) in [6.45, 7) is 0.403. The molecule has 0 unspecified atom stereocenters. The van der Waals surface area contributed by atoms with Gasteiger partial charge in [0.15, 0.2) is 5.13 Å². The van der Waals surface area contributed by atoms with Crippen molar-refractivity contribution in [2.75, 3.05) is 18.1 Å². The van der Waals surface area contributed by atoms with Crippen LogP contribution >= 0.6 is 11.3 Å². The second-order valence-electron chi connectivity index (χ2n) is 5.64. The van der Waals surface area contributed by atoms with Crippen LogP contribution in [0.25, 0.3) is 11.3 Å². The number of anilines is 2. The molecule has 25 heavy (non-hydrogen) atoms. The van der Waals surface area contributed by atoms with Crippen LogP contribution in [-0.2, 0) is 16.4 Å². The molecule has 0 aliphatic heterocycles. The SMILES string of the molecule is CS(=O)(=O)NCCc1ccc(-c2csc(Nc3ccccc3)n2)cc1. The number of benzene rings is 2. The first kappa shape index (κ1) is 17.6. The Balaban J connectivity index is 1.62. The number of aromatic nitrogens is 1. The minimum absolute atomic E-state index is 0.403. The van der Waals surface area contributed by atoms with E-state index in [9.17, 15) is 8.42 Å². The Labute approximate surface area is 151 Å². The largest absolute Gasteiger partial charge is 0.332 e. The first-order valence-electron chi connectivity index (χ1n) is 7.81. The molecule has 130 valence electrons. The zero-order valence-corrected chi connectivity index (χ0v) is 15.4. The summed E-state index contributed by atoms with van der Waals surface area (Å²) in [6, 6.07) is 18.0. The van der Waals surface area contributed by atoms with Gasteiger partial charge in [-0.3, -0.25) is 0 Å². The lowest BCUT2D eigenvalue weighted by atomic mass is 10.1. The van der Waals surface area contributed by atoms with Gasteiger partial charge in [-0.05, 0) is 24.1 Å². The highest BCUT2D eigenvalue weighted by Crippen LogP contribution is 2.27. The molecule has 0 bridgehead atoms.